The second kappa shape index (κ2) is 2.76. The summed E-state index contributed by atoms with van der Waals surface area (Å²) in [7, 11) is 0. The van der Waals surface area contributed by atoms with Crippen molar-refractivity contribution in [2.24, 2.45) is 0 Å². The number of rotatable bonds is 1. The van der Waals surface area contributed by atoms with Crippen molar-refractivity contribution in [2.45, 2.75) is 19.3 Å². The zero-order chi connectivity index (χ0) is 7.84. The van der Waals surface area contributed by atoms with E-state index in [4.69, 9.17) is 0 Å². The van der Waals surface area contributed by atoms with Crippen LogP contribution in [0, 0.1) is 0 Å². The van der Waals surface area contributed by atoms with Crippen LogP contribution in [-0.4, -0.2) is 0 Å². The zero-order valence-corrected chi connectivity index (χ0v) is 8.71. The minimum atomic E-state index is 0.682. The highest BCUT2D eigenvalue weighted by atomic mass is 79.9. The molecule has 1 aromatic heterocycles. The number of thiophene rings is 1. The van der Waals surface area contributed by atoms with Gasteiger partial charge in [-0.05, 0) is 22.4 Å². The Morgan fingerprint density at radius 2 is 2.45 bits per heavy atom. The molecule has 1 unspecified atom stereocenters. The molecule has 11 heavy (non-hydrogen) atoms. The maximum absolute atomic E-state index is 3.53. The molecule has 0 N–H and O–H groups in total. The monoisotopic (exact) mass is 228 g/mol. The van der Waals surface area contributed by atoms with Crippen LogP contribution in [0.15, 0.2) is 15.9 Å². The maximum Gasteiger partial charge on any atom is 0.0357 e. The summed E-state index contributed by atoms with van der Waals surface area (Å²) >= 11 is 5.40. The lowest BCUT2D eigenvalue weighted by Gasteiger charge is -2.01. The summed E-state index contributed by atoms with van der Waals surface area (Å²) in [4.78, 5) is 1.53. The van der Waals surface area contributed by atoms with Crippen molar-refractivity contribution in [2.75, 3.05) is 0 Å². The lowest BCUT2D eigenvalue weighted by molar-refractivity contribution is 0.834. The van der Waals surface area contributed by atoms with E-state index < -0.39 is 0 Å². The normalized spacial score (nSPS) is 20.7. The minimum absolute atomic E-state index is 0.682. The summed E-state index contributed by atoms with van der Waals surface area (Å²) in [5.74, 6) is 0.682. The molecule has 1 aromatic rings. The molecular formula is C9H9BrS. The van der Waals surface area contributed by atoms with Gasteiger partial charge in [-0.15, -0.1) is 11.3 Å². The van der Waals surface area contributed by atoms with Gasteiger partial charge < -0.3 is 0 Å². The third kappa shape index (κ3) is 1.09. The fraction of sp³-hybridized carbons (Fsp3) is 0.333. The van der Waals surface area contributed by atoms with Crippen LogP contribution in [0.2, 0.25) is 0 Å². The van der Waals surface area contributed by atoms with Gasteiger partial charge in [-0.3, -0.25) is 0 Å². The Balaban J connectivity index is 2.48. The molecule has 1 aliphatic rings. The van der Waals surface area contributed by atoms with Gasteiger partial charge in [-0.25, -0.2) is 0 Å². The van der Waals surface area contributed by atoms with E-state index in [1.54, 1.807) is 0 Å². The summed E-state index contributed by atoms with van der Waals surface area (Å²) in [6.07, 6.45) is 5.74. The van der Waals surface area contributed by atoms with E-state index in [1.807, 2.05) is 11.3 Å². The van der Waals surface area contributed by atoms with E-state index in [1.165, 1.54) is 21.3 Å². The molecule has 0 fully saturated rings. The van der Waals surface area contributed by atoms with E-state index in [9.17, 15) is 0 Å². The number of halogens is 1. The van der Waals surface area contributed by atoms with Crippen LogP contribution in [0.25, 0.3) is 6.08 Å². The molecule has 0 nitrogen and oxygen atoms in total. The topological polar surface area (TPSA) is 0 Å². The summed E-state index contributed by atoms with van der Waals surface area (Å²) in [5, 5.41) is 2.18. The van der Waals surface area contributed by atoms with Crippen LogP contribution in [-0.2, 0) is 0 Å². The number of hydrogen-bond donors (Lipinski definition) is 0. The average molecular weight is 229 g/mol. The van der Waals surface area contributed by atoms with Crippen molar-refractivity contribution in [3.8, 4) is 0 Å². The second-order valence-corrected chi connectivity index (χ2v) is 4.50. The predicted octanol–water partition coefficient (Wildman–Crippen LogP) is 4.03. The van der Waals surface area contributed by atoms with Gasteiger partial charge in [-0.2, -0.15) is 0 Å². The molecule has 0 aromatic carbocycles. The first kappa shape index (κ1) is 7.56. The van der Waals surface area contributed by atoms with Crippen molar-refractivity contribution in [1.29, 1.82) is 0 Å². The molecule has 58 valence electrons. The molecular weight excluding hydrogens is 220 g/mol. The van der Waals surface area contributed by atoms with Crippen LogP contribution in [0.5, 0.6) is 0 Å². The number of hydrogen-bond acceptors (Lipinski definition) is 1. The average Bonchev–Trinajstić information content (AvgIpc) is 2.53. The van der Waals surface area contributed by atoms with E-state index >= 15 is 0 Å². The van der Waals surface area contributed by atoms with Gasteiger partial charge in [0, 0.05) is 26.2 Å². The number of fused-ring (bicyclic) bond motifs is 1. The Hall–Kier alpha value is -0.0800. The highest BCUT2D eigenvalue weighted by Gasteiger charge is 2.18. The van der Waals surface area contributed by atoms with Crippen molar-refractivity contribution in [3.63, 3.8) is 0 Å². The predicted molar refractivity (Wildman–Crippen MR) is 54.1 cm³/mol. The SMILES string of the molecule is CCC1C=Cc2c(Br)csc21. The van der Waals surface area contributed by atoms with Gasteiger partial charge >= 0.3 is 0 Å². The van der Waals surface area contributed by atoms with Crippen LogP contribution < -0.4 is 0 Å². The van der Waals surface area contributed by atoms with Crippen LogP contribution >= 0.6 is 27.3 Å². The van der Waals surface area contributed by atoms with Crippen molar-refractivity contribution in [3.05, 3.63) is 26.4 Å². The van der Waals surface area contributed by atoms with Crippen LogP contribution in [0.3, 0.4) is 0 Å². The fourth-order valence-electron chi connectivity index (χ4n) is 1.43. The Morgan fingerprint density at radius 3 is 3.18 bits per heavy atom. The summed E-state index contributed by atoms with van der Waals surface area (Å²) in [5.41, 5.74) is 1.40. The highest BCUT2D eigenvalue weighted by Crippen LogP contribution is 2.40. The van der Waals surface area contributed by atoms with Gasteiger partial charge in [0.15, 0.2) is 0 Å². The standard InChI is InChI=1S/C9H9BrS/c1-2-6-3-4-7-8(10)5-11-9(6)7/h3-6H,2H2,1H3. The molecule has 0 bridgehead atoms. The molecule has 1 atom stereocenters. The molecule has 0 aliphatic heterocycles. The van der Waals surface area contributed by atoms with Gasteiger partial charge in [-0.1, -0.05) is 19.1 Å². The van der Waals surface area contributed by atoms with Crippen LogP contribution in [0.1, 0.15) is 29.7 Å². The first-order chi connectivity index (χ1) is 5.33. The van der Waals surface area contributed by atoms with Gasteiger partial charge in [0.2, 0.25) is 0 Å². The second-order valence-electron chi connectivity index (χ2n) is 2.74. The van der Waals surface area contributed by atoms with Gasteiger partial charge in [0.1, 0.15) is 0 Å². The molecule has 0 saturated heterocycles. The summed E-state index contributed by atoms with van der Waals surface area (Å²) in [6, 6.07) is 0. The highest BCUT2D eigenvalue weighted by molar-refractivity contribution is 9.10. The fourth-order valence-corrected chi connectivity index (χ4v) is 3.27. The third-order valence-electron chi connectivity index (χ3n) is 2.08. The molecule has 0 radical (unpaired) electrons. The van der Waals surface area contributed by atoms with Crippen LogP contribution in [0.4, 0.5) is 0 Å². The Bertz CT molecular complexity index is 299. The van der Waals surface area contributed by atoms with E-state index in [0.29, 0.717) is 5.92 Å². The molecule has 1 heterocycles. The molecule has 1 aliphatic carbocycles. The zero-order valence-electron chi connectivity index (χ0n) is 6.30. The Labute approximate surface area is 79.1 Å². The molecule has 0 saturated carbocycles. The quantitative estimate of drug-likeness (QED) is 0.681. The summed E-state index contributed by atoms with van der Waals surface area (Å²) < 4.78 is 1.25. The molecule has 2 rings (SSSR count). The molecule has 2 heteroatoms. The first-order valence-electron chi connectivity index (χ1n) is 3.78. The summed E-state index contributed by atoms with van der Waals surface area (Å²) in [6.45, 7) is 2.23. The lowest BCUT2D eigenvalue weighted by atomic mass is 10.1. The maximum atomic E-state index is 3.53. The van der Waals surface area contributed by atoms with Gasteiger partial charge in [0.05, 0.1) is 0 Å². The third-order valence-corrected chi connectivity index (χ3v) is 4.17. The molecule has 0 amide bonds. The van der Waals surface area contributed by atoms with E-state index in [2.05, 4.69) is 40.4 Å². The van der Waals surface area contributed by atoms with E-state index in [-0.39, 0.29) is 0 Å². The first-order valence-corrected chi connectivity index (χ1v) is 5.45. The Morgan fingerprint density at radius 1 is 1.64 bits per heavy atom. The van der Waals surface area contributed by atoms with Crippen molar-refractivity contribution >= 4 is 33.3 Å². The number of allylic oxidation sites excluding steroid dienone is 1. The largest absolute Gasteiger partial charge is 0.146 e. The molecule has 0 spiro atoms. The van der Waals surface area contributed by atoms with Gasteiger partial charge in [0.25, 0.3) is 0 Å². The van der Waals surface area contributed by atoms with Crippen molar-refractivity contribution < 1.29 is 0 Å². The Kier molecular flexibility index (Phi) is 1.90. The lowest BCUT2D eigenvalue weighted by Crippen LogP contribution is -1.84. The smallest absolute Gasteiger partial charge is 0.0357 e. The minimum Gasteiger partial charge on any atom is -0.146 e. The van der Waals surface area contributed by atoms with E-state index in [0.717, 1.165) is 0 Å². The van der Waals surface area contributed by atoms with Crippen molar-refractivity contribution in [1.82, 2.24) is 0 Å².